The first kappa shape index (κ1) is 18.2. The van der Waals surface area contributed by atoms with Crippen molar-refractivity contribution in [2.75, 3.05) is 7.05 Å². The Balaban J connectivity index is 2.96. The van der Waals surface area contributed by atoms with Gasteiger partial charge in [-0.15, -0.1) is 0 Å². The van der Waals surface area contributed by atoms with Crippen molar-refractivity contribution in [3.05, 3.63) is 18.0 Å². The minimum atomic E-state index is -3.42. The molecule has 21 heavy (non-hydrogen) atoms. The van der Waals surface area contributed by atoms with Gasteiger partial charge in [-0.25, -0.2) is 8.42 Å². The Hall–Kier alpha value is -0.850. The molecule has 1 aromatic rings. The van der Waals surface area contributed by atoms with E-state index in [0.717, 1.165) is 18.5 Å². The highest BCUT2D eigenvalue weighted by Gasteiger charge is 2.26. The van der Waals surface area contributed by atoms with E-state index in [2.05, 4.69) is 26.1 Å². The zero-order valence-corrected chi connectivity index (χ0v) is 14.9. The summed E-state index contributed by atoms with van der Waals surface area (Å²) in [6, 6.07) is 2.14. The maximum atomic E-state index is 12.6. The molecule has 1 rings (SSSR count). The van der Waals surface area contributed by atoms with Crippen LogP contribution in [-0.4, -0.2) is 36.4 Å². The van der Waals surface area contributed by atoms with Crippen LogP contribution in [0.2, 0.25) is 0 Å². The van der Waals surface area contributed by atoms with Crippen LogP contribution in [0.5, 0.6) is 0 Å². The van der Waals surface area contributed by atoms with E-state index in [1.807, 2.05) is 18.5 Å². The van der Waals surface area contributed by atoms with Gasteiger partial charge in [-0.3, -0.25) is 0 Å². The van der Waals surface area contributed by atoms with Crippen LogP contribution in [0.15, 0.2) is 17.2 Å². The number of hydrogen-bond acceptors (Lipinski definition) is 3. The highest BCUT2D eigenvalue weighted by Crippen LogP contribution is 2.20. The topological polar surface area (TPSA) is 54.3 Å². The van der Waals surface area contributed by atoms with Crippen LogP contribution in [0, 0.1) is 0 Å². The lowest BCUT2D eigenvalue weighted by Crippen LogP contribution is -2.34. The van der Waals surface area contributed by atoms with E-state index in [1.54, 1.807) is 19.3 Å². The van der Waals surface area contributed by atoms with E-state index in [0.29, 0.717) is 17.5 Å². The third-order valence-corrected chi connectivity index (χ3v) is 5.72. The van der Waals surface area contributed by atoms with Crippen molar-refractivity contribution >= 4 is 10.0 Å². The van der Waals surface area contributed by atoms with Gasteiger partial charge in [0.2, 0.25) is 10.0 Å². The zero-order valence-electron chi connectivity index (χ0n) is 14.0. The summed E-state index contributed by atoms with van der Waals surface area (Å²) < 4.78 is 28.6. The Morgan fingerprint density at radius 3 is 2.48 bits per heavy atom. The molecule has 0 aromatic carbocycles. The van der Waals surface area contributed by atoms with E-state index in [-0.39, 0.29) is 6.04 Å². The van der Waals surface area contributed by atoms with Gasteiger partial charge >= 0.3 is 0 Å². The molecule has 0 saturated heterocycles. The number of sulfonamides is 1. The van der Waals surface area contributed by atoms with Crippen molar-refractivity contribution in [2.45, 2.75) is 64.1 Å². The summed E-state index contributed by atoms with van der Waals surface area (Å²) in [4.78, 5) is 0.371. The minimum absolute atomic E-state index is 0.0115. The number of nitrogens with one attached hydrogen (secondary N) is 1. The first-order valence-electron chi connectivity index (χ1n) is 7.56. The molecule has 1 aromatic heterocycles. The average molecular weight is 315 g/mol. The van der Waals surface area contributed by atoms with E-state index in [9.17, 15) is 8.42 Å². The van der Waals surface area contributed by atoms with Crippen molar-refractivity contribution in [1.29, 1.82) is 0 Å². The first-order valence-corrected chi connectivity index (χ1v) is 9.00. The molecule has 0 aliphatic heterocycles. The van der Waals surface area contributed by atoms with Gasteiger partial charge < -0.3 is 9.88 Å². The molecule has 1 unspecified atom stereocenters. The summed E-state index contributed by atoms with van der Waals surface area (Å²) in [6.45, 7) is 8.82. The van der Waals surface area contributed by atoms with Crippen LogP contribution in [0.1, 0.15) is 46.2 Å². The van der Waals surface area contributed by atoms with Gasteiger partial charge in [0.05, 0.1) is 0 Å². The average Bonchev–Trinajstić information content (AvgIpc) is 2.77. The molecule has 0 spiro atoms. The van der Waals surface area contributed by atoms with Crippen LogP contribution in [0.25, 0.3) is 0 Å². The third-order valence-electron chi connectivity index (χ3n) is 3.78. The fraction of sp³-hybridized carbons (Fsp3) is 0.733. The molecule has 5 nitrogen and oxygen atoms in total. The van der Waals surface area contributed by atoms with E-state index in [1.165, 1.54) is 4.31 Å². The fourth-order valence-corrected chi connectivity index (χ4v) is 3.69. The molecule has 0 fully saturated rings. The Morgan fingerprint density at radius 1 is 1.33 bits per heavy atom. The van der Waals surface area contributed by atoms with Crippen LogP contribution < -0.4 is 5.32 Å². The highest BCUT2D eigenvalue weighted by molar-refractivity contribution is 7.89. The summed E-state index contributed by atoms with van der Waals surface area (Å²) in [5.41, 5.74) is 0.971. The molecule has 1 atom stereocenters. The summed E-state index contributed by atoms with van der Waals surface area (Å²) >= 11 is 0. The van der Waals surface area contributed by atoms with Crippen LogP contribution in [0.4, 0.5) is 0 Å². The Kier molecular flexibility index (Phi) is 6.43. The van der Waals surface area contributed by atoms with Crippen molar-refractivity contribution in [2.24, 2.45) is 7.05 Å². The lowest BCUT2D eigenvalue weighted by atomic mass is 10.2. The predicted molar refractivity (Wildman–Crippen MR) is 86.7 cm³/mol. The molecule has 0 aliphatic carbocycles. The van der Waals surface area contributed by atoms with E-state index < -0.39 is 10.0 Å². The molecule has 0 aliphatic rings. The second kappa shape index (κ2) is 7.42. The molecule has 0 radical (unpaired) electrons. The summed E-state index contributed by atoms with van der Waals surface area (Å²) in [5.74, 6) is 0. The molecule has 122 valence electrons. The zero-order chi connectivity index (χ0) is 16.2. The molecule has 1 heterocycles. The van der Waals surface area contributed by atoms with Gasteiger partial charge in [0.1, 0.15) is 4.90 Å². The normalized spacial score (nSPS) is 14.1. The summed E-state index contributed by atoms with van der Waals surface area (Å²) in [7, 11) is 0.126. The quantitative estimate of drug-likeness (QED) is 0.801. The molecular weight excluding hydrogens is 286 g/mol. The number of aromatic nitrogens is 1. The largest absolute Gasteiger partial charge is 0.352 e. The van der Waals surface area contributed by atoms with Crippen LogP contribution in [0.3, 0.4) is 0 Å². The second-order valence-electron chi connectivity index (χ2n) is 5.97. The van der Waals surface area contributed by atoms with Crippen molar-refractivity contribution in [3.63, 3.8) is 0 Å². The van der Waals surface area contributed by atoms with Crippen molar-refractivity contribution < 1.29 is 8.42 Å². The molecular formula is C15H29N3O2S. The fourth-order valence-electron chi connectivity index (χ4n) is 2.21. The van der Waals surface area contributed by atoms with Crippen LogP contribution >= 0.6 is 0 Å². The first-order chi connectivity index (χ1) is 9.70. The monoisotopic (exact) mass is 315 g/mol. The molecule has 6 heteroatoms. The van der Waals surface area contributed by atoms with Gasteiger partial charge in [-0.1, -0.05) is 27.2 Å². The number of nitrogens with zero attached hydrogens (tertiary/aromatic N) is 2. The van der Waals surface area contributed by atoms with E-state index in [4.69, 9.17) is 0 Å². The van der Waals surface area contributed by atoms with Crippen LogP contribution in [-0.2, 0) is 23.6 Å². The van der Waals surface area contributed by atoms with Gasteiger partial charge in [-0.2, -0.15) is 4.31 Å². The third kappa shape index (κ3) is 4.56. The Morgan fingerprint density at radius 2 is 1.95 bits per heavy atom. The molecule has 0 bridgehead atoms. The minimum Gasteiger partial charge on any atom is -0.352 e. The summed E-state index contributed by atoms with van der Waals surface area (Å²) in [6.07, 6.45) is 3.53. The summed E-state index contributed by atoms with van der Waals surface area (Å²) in [5, 5.41) is 3.31. The maximum Gasteiger partial charge on any atom is 0.244 e. The maximum absolute atomic E-state index is 12.6. The van der Waals surface area contributed by atoms with Gasteiger partial charge in [0.25, 0.3) is 0 Å². The van der Waals surface area contributed by atoms with Crippen molar-refractivity contribution in [1.82, 2.24) is 14.2 Å². The lowest BCUT2D eigenvalue weighted by molar-refractivity contribution is 0.368. The number of rotatable bonds is 8. The Bertz CT molecular complexity index is 549. The standard InChI is InChI=1S/C15H29N3O2S/c1-7-8-13(4)18(6)21(19,20)15-9-14(17(5)11-15)10-16-12(2)3/h9,11-13,16H,7-8,10H2,1-6H3. The van der Waals surface area contributed by atoms with Gasteiger partial charge in [0.15, 0.2) is 0 Å². The lowest BCUT2D eigenvalue weighted by Gasteiger charge is -2.23. The molecule has 0 saturated carbocycles. The Labute approximate surface area is 129 Å². The molecule has 0 amide bonds. The SMILES string of the molecule is CCCC(C)N(C)S(=O)(=O)c1cc(CNC(C)C)n(C)c1. The predicted octanol–water partition coefficient (Wildman–Crippen LogP) is 2.33. The van der Waals surface area contributed by atoms with Crippen molar-refractivity contribution in [3.8, 4) is 0 Å². The van der Waals surface area contributed by atoms with E-state index >= 15 is 0 Å². The smallest absolute Gasteiger partial charge is 0.244 e. The highest BCUT2D eigenvalue weighted by atomic mass is 32.2. The van der Waals surface area contributed by atoms with Gasteiger partial charge in [0, 0.05) is 44.6 Å². The van der Waals surface area contributed by atoms with Gasteiger partial charge in [-0.05, 0) is 19.4 Å². The number of hydrogen-bond donors (Lipinski definition) is 1. The second-order valence-corrected chi connectivity index (χ2v) is 7.97. The number of aryl methyl sites for hydroxylation is 1. The molecule has 1 N–H and O–H groups in total.